The lowest BCUT2D eigenvalue weighted by molar-refractivity contribution is -0.107. The zero-order chi connectivity index (χ0) is 18.5. The van der Waals surface area contributed by atoms with Gasteiger partial charge in [0.1, 0.15) is 18.6 Å². The summed E-state index contributed by atoms with van der Waals surface area (Å²) in [6.07, 6.45) is 0.757. The first kappa shape index (κ1) is 18.1. The van der Waals surface area contributed by atoms with Crippen LogP contribution in [0, 0.1) is 0 Å². The van der Waals surface area contributed by atoms with E-state index < -0.39 is 0 Å². The monoisotopic (exact) mass is 375 g/mol. The van der Waals surface area contributed by atoms with Crippen LogP contribution in [0.1, 0.15) is 11.1 Å². The van der Waals surface area contributed by atoms with Crippen molar-refractivity contribution in [1.82, 2.24) is 4.90 Å². The Morgan fingerprint density at radius 3 is 2.69 bits per heavy atom. The van der Waals surface area contributed by atoms with Crippen molar-refractivity contribution in [1.29, 1.82) is 0 Å². The number of carbonyl (C=O) groups is 2. The molecule has 6 nitrogen and oxygen atoms in total. The summed E-state index contributed by atoms with van der Waals surface area (Å²) in [5.41, 5.74) is 1.56. The Balaban J connectivity index is 1.90. The van der Waals surface area contributed by atoms with Crippen LogP contribution in [0.4, 0.5) is 4.79 Å². The molecule has 0 aromatic heterocycles. The molecule has 3 rings (SSSR count). The topological polar surface area (TPSA) is 65.1 Å². The molecule has 1 aliphatic heterocycles. The van der Waals surface area contributed by atoms with Crippen LogP contribution in [0.25, 0.3) is 0 Å². The largest absolute Gasteiger partial charge is 0.493 e. The van der Waals surface area contributed by atoms with Gasteiger partial charge in [-0.3, -0.25) is 0 Å². The number of hydrogen-bond donors (Lipinski definition) is 0. The standard InChI is InChI=1S/C19H18ClNO5/c1-24-17-4-2-13(6-8-22)10-18(17)26-16-5-3-15(20)11-14(16)12-21-7-9-25-19(21)23/h2-5,8,10-11H,6-7,9,12H2,1H3. The lowest BCUT2D eigenvalue weighted by Gasteiger charge is -2.18. The molecule has 0 spiro atoms. The van der Waals surface area contributed by atoms with Gasteiger partial charge < -0.3 is 23.9 Å². The van der Waals surface area contributed by atoms with Crippen molar-refractivity contribution in [2.75, 3.05) is 20.3 Å². The van der Waals surface area contributed by atoms with Gasteiger partial charge in [0.05, 0.1) is 20.2 Å². The second-order valence-electron chi connectivity index (χ2n) is 5.75. The quantitative estimate of drug-likeness (QED) is 0.688. The smallest absolute Gasteiger partial charge is 0.410 e. The zero-order valence-electron chi connectivity index (χ0n) is 14.2. The minimum atomic E-state index is -0.360. The first-order chi connectivity index (χ1) is 12.6. The summed E-state index contributed by atoms with van der Waals surface area (Å²) in [5, 5.41) is 0.543. The molecule has 0 N–H and O–H groups in total. The molecular formula is C19H18ClNO5. The number of halogens is 1. The molecule has 0 bridgehead atoms. The summed E-state index contributed by atoms with van der Waals surface area (Å²) in [4.78, 5) is 24.1. The summed E-state index contributed by atoms with van der Waals surface area (Å²) in [6.45, 7) is 1.21. The lowest BCUT2D eigenvalue weighted by Crippen LogP contribution is -2.23. The highest BCUT2D eigenvalue weighted by Gasteiger charge is 2.23. The molecule has 1 aliphatic rings. The maximum absolute atomic E-state index is 11.7. The minimum Gasteiger partial charge on any atom is -0.493 e. The summed E-state index contributed by atoms with van der Waals surface area (Å²) < 4.78 is 16.3. The number of amides is 1. The maximum atomic E-state index is 11.7. The SMILES string of the molecule is COc1ccc(CC=O)cc1Oc1ccc(Cl)cc1CN1CCOC1=O. The summed E-state index contributed by atoms with van der Waals surface area (Å²) in [6, 6.07) is 10.5. The predicted octanol–water partition coefficient (Wildman–Crippen LogP) is 3.83. The molecule has 0 radical (unpaired) electrons. The van der Waals surface area contributed by atoms with Gasteiger partial charge in [-0.15, -0.1) is 0 Å². The molecule has 7 heteroatoms. The molecule has 1 saturated heterocycles. The molecule has 136 valence electrons. The van der Waals surface area contributed by atoms with Gasteiger partial charge in [0, 0.05) is 17.0 Å². The molecule has 1 fully saturated rings. The van der Waals surface area contributed by atoms with Crippen molar-refractivity contribution < 1.29 is 23.8 Å². The highest BCUT2D eigenvalue weighted by molar-refractivity contribution is 6.30. The maximum Gasteiger partial charge on any atom is 0.410 e. The van der Waals surface area contributed by atoms with E-state index in [2.05, 4.69) is 0 Å². The van der Waals surface area contributed by atoms with E-state index in [1.54, 1.807) is 42.3 Å². The van der Waals surface area contributed by atoms with Crippen LogP contribution >= 0.6 is 11.6 Å². The van der Waals surface area contributed by atoms with E-state index in [1.165, 1.54) is 0 Å². The molecule has 0 aliphatic carbocycles. The van der Waals surface area contributed by atoms with Crippen molar-refractivity contribution in [2.45, 2.75) is 13.0 Å². The molecule has 26 heavy (non-hydrogen) atoms. The average Bonchev–Trinajstić information content (AvgIpc) is 3.03. The van der Waals surface area contributed by atoms with Gasteiger partial charge >= 0.3 is 6.09 Å². The summed E-state index contributed by atoms with van der Waals surface area (Å²) in [7, 11) is 1.55. The number of cyclic esters (lactones) is 1. The Morgan fingerprint density at radius 2 is 2.00 bits per heavy atom. The van der Waals surface area contributed by atoms with Crippen molar-refractivity contribution in [2.24, 2.45) is 0 Å². The van der Waals surface area contributed by atoms with E-state index in [4.69, 9.17) is 25.8 Å². The van der Waals surface area contributed by atoms with Crippen molar-refractivity contribution in [3.63, 3.8) is 0 Å². The minimum absolute atomic E-state index is 0.285. The van der Waals surface area contributed by atoms with Gasteiger partial charge in [0.25, 0.3) is 0 Å². The fourth-order valence-corrected chi connectivity index (χ4v) is 2.88. The third kappa shape index (κ3) is 4.08. The third-order valence-electron chi connectivity index (χ3n) is 4.00. The Kier molecular flexibility index (Phi) is 5.63. The highest BCUT2D eigenvalue weighted by Crippen LogP contribution is 2.35. The van der Waals surface area contributed by atoms with Gasteiger partial charge in [0.2, 0.25) is 0 Å². The van der Waals surface area contributed by atoms with Crippen LogP contribution in [0.5, 0.6) is 17.2 Å². The molecule has 0 atom stereocenters. The molecule has 1 amide bonds. The van der Waals surface area contributed by atoms with Crippen molar-refractivity contribution in [3.05, 3.63) is 52.5 Å². The van der Waals surface area contributed by atoms with E-state index in [0.717, 1.165) is 17.4 Å². The summed E-state index contributed by atoms with van der Waals surface area (Å²) in [5.74, 6) is 1.58. The number of carbonyl (C=O) groups excluding carboxylic acids is 2. The molecule has 2 aromatic rings. The lowest BCUT2D eigenvalue weighted by atomic mass is 10.1. The van der Waals surface area contributed by atoms with Crippen molar-refractivity contribution >= 4 is 24.0 Å². The fourth-order valence-electron chi connectivity index (χ4n) is 2.69. The van der Waals surface area contributed by atoms with Gasteiger partial charge in [-0.05, 0) is 35.9 Å². The average molecular weight is 376 g/mol. The predicted molar refractivity (Wildman–Crippen MR) is 96.0 cm³/mol. The van der Waals surface area contributed by atoms with Crippen LogP contribution < -0.4 is 9.47 Å². The van der Waals surface area contributed by atoms with Gasteiger partial charge in [-0.2, -0.15) is 0 Å². The second kappa shape index (κ2) is 8.10. The number of methoxy groups -OCH3 is 1. The number of benzene rings is 2. The van der Waals surface area contributed by atoms with Gasteiger partial charge in [0.15, 0.2) is 11.5 Å². The van der Waals surface area contributed by atoms with Crippen LogP contribution in [0.2, 0.25) is 5.02 Å². The van der Waals surface area contributed by atoms with E-state index >= 15 is 0 Å². The number of hydrogen-bond acceptors (Lipinski definition) is 5. The normalized spacial score (nSPS) is 13.5. The summed E-state index contributed by atoms with van der Waals surface area (Å²) >= 11 is 6.11. The van der Waals surface area contributed by atoms with E-state index in [-0.39, 0.29) is 12.5 Å². The molecule has 2 aromatic carbocycles. The second-order valence-corrected chi connectivity index (χ2v) is 6.18. The highest BCUT2D eigenvalue weighted by atomic mass is 35.5. The van der Waals surface area contributed by atoms with E-state index in [9.17, 15) is 9.59 Å². The molecule has 0 unspecified atom stereocenters. The Hall–Kier alpha value is -2.73. The van der Waals surface area contributed by atoms with E-state index in [1.807, 2.05) is 6.07 Å². The van der Waals surface area contributed by atoms with Gasteiger partial charge in [-0.25, -0.2) is 4.79 Å². The van der Waals surface area contributed by atoms with E-state index in [0.29, 0.717) is 42.0 Å². The van der Waals surface area contributed by atoms with Crippen molar-refractivity contribution in [3.8, 4) is 17.2 Å². The van der Waals surface area contributed by atoms with Crippen LogP contribution in [0.3, 0.4) is 0 Å². The zero-order valence-corrected chi connectivity index (χ0v) is 15.0. The Morgan fingerprint density at radius 1 is 1.19 bits per heavy atom. The number of rotatable bonds is 7. The molecule has 1 heterocycles. The number of nitrogens with zero attached hydrogens (tertiary/aromatic N) is 1. The van der Waals surface area contributed by atoms with Gasteiger partial charge in [-0.1, -0.05) is 17.7 Å². The van der Waals surface area contributed by atoms with Crippen LogP contribution in [0.15, 0.2) is 36.4 Å². The first-order valence-electron chi connectivity index (χ1n) is 8.09. The first-order valence-corrected chi connectivity index (χ1v) is 8.47. The Bertz CT molecular complexity index is 824. The number of ether oxygens (including phenoxy) is 3. The van der Waals surface area contributed by atoms with Crippen LogP contribution in [-0.4, -0.2) is 37.5 Å². The molecule has 0 saturated carbocycles. The Labute approximate surface area is 156 Å². The third-order valence-corrected chi connectivity index (χ3v) is 4.23. The fraction of sp³-hybridized carbons (Fsp3) is 0.263. The number of aldehydes is 1. The molecular weight excluding hydrogens is 358 g/mol. The van der Waals surface area contributed by atoms with Crippen LogP contribution in [-0.2, 0) is 22.5 Å².